The topological polar surface area (TPSA) is 0 Å². The molecular formula is C39H40Cl2Zr-2. The average Bonchev–Trinajstić information content (AvgIpc) is 3.72. The number of rotatable bonds is 8. The number of aryl methyl sites for hydroxylation is 2. The molecule has 0 radical (unpaired) electrons. The molecule has 0 N–H and O–H groups in total. The average molecular weight is 671 g/mol. The molecule has 6 rings (SSSR count). The quantitative estimate of drug-likeness (QED) is 0.220. The Morgan fingerprint density at radius 1 is 0.714 bits per heavy atom. The molecule has 3 heteroatoms. The van der Waals surface area contributed by atoms with Gasteiger partial charge in [0.15, 0.2) is 0 Å². The zero-order chi connectivity index (χ0) is 28.0. The summed E-state index contributed by atoms with van der Waals surface area (Å²) in [5.41, 5.74) is 11.2. The number of unbranched alkanes of at least 4 members (excludes halogenated alkanes) is 2. The van der Waals surface area contributed by atoms with Gasteiger partial charge in [0, 0.05) is 0 Å². The minimum atomic E-state index is 0. The summed E-state index contributed by atoms with van der Waals surface area (Å²) in [6.45, 7) is 4.50. The number of allylic oxidation sites excluding steroid dienone is 4. The van der Waals surface area contributed by atoms with E-state index in [2.05, 4.69) is 117 Å². The smallest absolute Gasteiger partial charge is 0.0253 e. The van der Waals surface area contributed by atoms with Gasteiger partial charge in [0.25, 0.3) is 0 Å². The molecular weight excluding hydrogens is 631 g/mol. The van der Waals surface area contributed by atoms with E-state index in [4.69, 9.17) is 0 Å². The first-order chi connectivity index (χ1) is 19.7. The predicted molar refractivity (Wildman–Crippen MR) is 168 cm³/mol. The van der Waals surface area contributed by atoms with Gasteiger partial charge in [-0.05, 0) is 6.42 Å². The van der Waals surface area contributed by atoms with E-state index in [1.807, 2.05) is 18.2 Å². The van der Waals surface area contributed by atoms with Gasteiger partial charge in [0.1, 0.15) is 0 Å². The first-order valence-corrected chi connectivity index (χ1v) is 16.0. The van der Waals surface area contributed by atoms with Crippen molar-refractivity contribution in [2.45, 2.75) is 65.2 Å². The maximum atomic E-state index is 3.30. The van der Waals surface area contributed by atoms with E-state index in [0.717, 1.165) is 12.8 Å². The van der Waals surface area contributed by atoms with Crippen LogP contribution >= 0.6 is 0 Å². The van der Waals surface area contributed by atoms with Gasteiger partial charge in [0.2, 0.25) is 0 Å². The van der Waals surface area contributed by atoms with Crippen LogP contribution < -0.4 is 24.8 Å². The van der Waals surface area contributed by atoms with Crippen molar-refractivity contribution in [2.75, 3.05) is 0 Å². The van der Waals surface area contributed by atoms with Crippen LogP contribution in [0.4, 0.5) is 0 Å². The third-order valence-corrected chi connectivity index (χ3v) is 8.74. The van der Waals surface area contributed by atoms with E-state index in [-0.39, 0.29) is 24.8 Å². The monoisotopic (exact) mass is 668 g/mol. The number of fused-ring (bicyclic) bond motifs is 3. The van der Waals surface area contributed by atoms with Crippen LogP contribution in [-0.4, -0.2) is 3.21 Å². The molecule has 0 spiro atoms. The predicted octanol–water partition coefficient (Wildman–Crippen LogP) is 3.86. The number of hydrogen-bond acceptors (Lipinski definition) is 0. The second kappa shape index (κ2) is 19.8. The molecule has 0 bridgehead atoms. The van der Waals surface area contributed by atoms with E-state index in [1.165, 1.54) is 110 Å². The number of benzene rings is 4. The standard InChI is InChI=1S/C21H26.C13H9.C5H5.2ClH.Zr/c1-3-5-7-18-9-13-20(14-10-18)17-21-15-11-19(12-16-21)8-6-4-2;1-3-7-12-10(5-1)9-11-6-2-4-8-13(11)12;1-2-4-5-3-1;;;/h9-16H,3-8H2,1-2H3;1-5,7-8H,9H2;1-3H,4H2;2*1H;/q;2*-1;;;+2/p-2. The van der Waals surface area contributed by atoms with Gasteiger partial charge in [-0.2, -0.15) is 35.9 Å². The summed E-state index contributed by atoms with van der Waals surface area (Å²) in [4.78, 5) is 0. The molecule has 0 atom stereocenters. The van der Waals surface area contributed by atoms with Crippen molar-refractivity contribution < 1.29 is 49.0 Å². The molecule has 216 valence electrons. The van der Waals surface area contributed by atoms with Gasteiger partial charge in [-0.3, -0.25) is 6.08 Å². The maximum Gasteiger partial charge on any atom is -0.0253 e. The van der Waals surface area contributed by atoms with Crippen LogP contribution in [0.2, 0.25) is 0 Å². The van der Waals surface area contributed by atoms with Crippen molar-refractivity contribution in [3.05, 3.63) is 155 Å². The van der Waals surface area contributed by atoms with Crippen molar-refractivity contribution in [3.63, 3.8) is 0 Å². The minimum absolute atomic E-state index is 0. The Morgan fingerprint density at radius 2 is 1.29 bits per heavy atom. The third-order valence-electron chi connectivity index (χ3n) is 7.33. The van der Waals surface area contributed by atoms with Gasteiger partial charge < -0.3 is 24.8 Å². The molecule has 2 aliphatic carbocycles. The Balaban J connectivity index is 0.000000258. The summed E-state index contributed by atoms with van der Waals surface area (Å²) in [5, 5.41) is 0. The van der Waals surface area contributed by atoms with Gasteiger partial charge >= 0.3 is 151 Å². The second-order valence-corrected chi connectivity index (χ2v) is 11.6. The Labute approximate surface area is 281 Å². The van der Waals surface area contributed by atoms with Crippen molar-refractivity contribution in [1.29, 1.82) is 0 Å². The summed E-state index contributed by atoms with van der Waals surface area (Å²) < 4.78 is 1.45. The molecule has 0 aliphatic heterocycles. The molecule has 42 heavy (non-hydrogen) atoms. The van der Waals surface area contributed by atoms with Crippen molar-refractivity contribution in [3.8, 4) is 11.1 Å². The summed E-state index contributed by atoms with van der Waals surface area (Å²) in [5.74, 6) is 0. The van der Waals surface area contributed by atoms with Crippen LogP contribution in [0.3, 0.4) is 0 Å². The van der Waals surface area contributed by atoms with Crippen LogP contribution in [0.25, 0.3) is 11.1 Å². The van der Waals surface area contributed by atoms with E-state index in [9.17, 15) is 0 Å². The van der Waals surface area contributed by atoms with Gasteiger partial charge in [-0.1, -0.05) is 35.4 Å². The zero-order valence-electron chi connectivity index (χ0n) is 24.8. The molecule has 0 heterocycles. The summed E-state index contributed by atoms with van der Waals surface area (Å²) in [6, 6.07) is 36.5. The van der Waals surface area contributed by atoms with E-state index in [1.54, 1.807) is 0 Å². The molecule has 0 saturated carbocycles. The van der Waals surface area contributed by atoms with Crippen LogP contribution in [0, 0.1) is 12.1 Å². The van der Waals surface area contributed by atoms with Gasteiger partial charge in [-0.15, -0.1) is 12.0 Å². The SMILES string of the molecule is CCCCc1ccc([C](=[Zr+2])c2ccc(CCCC)cc2)cc1.[C-]1=CC=CC1.[Cl-].[Cl-].[c-]1cccc2c1Cc1ccccc1-2. The molecule has 4 aromatic carbocycles. The van der Waals surface area contributed by atoms with Crippen molar-refractivity contribution in [1.82, 2.24) is 0 Å². The number of hydrogen-bond donors (Lipinski definition) is 0. The number of halogens is 2. The molecule has 0 amide bonds. The molecule has 0 fully saturated rings. The Morgan fingerprint density at radius 3 is 1.79 bits per heavy atom. The summed E-state index contributed by atoms with van der Waals surface area (Å²) in [6.07, 6.45) is 18.6. The molecule has 0 aromatic heterocycles. The zero-order valence-corrected chi connectivity index (χ0v) is 28.8. The summed E-state index contributed by atoms with van der Waals surface area (Å²) >= 11 is 1.48. The largest absolute Gasteiger partial charge is 1.00 e. The molecule has 0 saturated heterocycles. The van der Waals surface area contributed by atoms with E-state index in [0.29, 0.717) is 0 Å². The molecule has 4 aromatic rings. The van der Waals surface area contributed by atoms with Gasteiger partial charge in [-0.25, -0.2) is 12.2 Å². The maximum absolute atomic E-state index is 3.30. The minimum Gasteiger partial charge on any atom is -1.00 e. The fourth-order valence-electron chi connectivity index (χ4n) is 4.94. The fraction of sp³-hybridized carbons (Fsp3) is 0.256. The first kappa shape index (κ1) is 35.9. The van der Waals surface area contributed by atoms with Crippen molar-refractivity contribution >= 4 is 3.21 Å². The van der Waals surface area contributed by atoms with E-state index >= 15 is 0 Å². The van der Waals surface area contributed by atoms with Crippen LogP contribution in [0.1, 0.15) is 79.3 Å². The van der Waals surface area contributed by atoms with E-state index < -0.39 is 0 Å². The molecule has 2 aliphatic rings. The first-order valence-electron chi connectivity index (χ1n) is 14.8. The van der Waals surface area contributed by atoms with Crippen LogP contribution in [0.5, 0.6) is 0 Å². The molecule has 0 unspecified atom stereocenters. The van der Waals surface area contributed by atoms with Crippen LogP contribution in [-0.2, 0) is 43.5 Å². The Kier molecular flexibility index (Phi) is 16.9. The normalized spacial score (nSPS) is 11.5. The van der Waals surface area contributed by atoms with Crippen LogP contribution in [0.15, 0.2) is 109 Å². The second-order valence-electron chi connectivity index (χ2n) is 10.4. The third kappa shape index (κ3) is 10.8. The molecule has 0 nitrogen and oxygen atoms in total. The summed E-state index contributed by atoms with van der Waals surface area (Å²) in [7, 11) is 0. The van der Waals surface area contributed by atoms with Crippen molar-refractivity contribution in [2.24, 2.45) is 0 Å². The Bertz CT molecular complexity index is 1310. The van der Waals surface area contributed by atoms with Gasteiger partial charge in [0.05, 0.1) is 0 Å². The Hall–Kier alpha value is -2.31. The fourth-order valence-corrected chi connectivity index (χ4v) is 5.76.